The van der Waals surface area contributed by atoms with Gasteiger partial charge in [0.2, 0.25) is 15.9 Å². The van der Waals surface area contributed by atoms with Crippen molar-refractivity contribution in [1.82, 2.24) is 14.5 Å². The molecule has 240 valence electrons. The van der Waals surface area contributed by atoms with E-state index in [4.69, 9.17) is 9.47 Å². The van der Waals surface area contributed by atoms with Gasteiger partial charge in [0.05, 0.1) is 18.1 Å². The van der Waals surface area contributed by atoms with Crippen LogP contribution in [0.4, 0.5) is 0 Å². The van der Waals surface area contributed by atoms with Crippen molar-refractivity contribution in [3.63, 3.8) is 0 Å². The third-order valence-corrected chi connectivity index (χ3v) is 9.73. The number of carbonyl (C=O) groups is 2. The van der Waals surface area contributed by atoms with Crippen molar-refractivity contribution in [2.75, 3.05) is 39.5 Å². The first-order valence-electron chi connectivity index (χ1n) is 15.4. The van der Waals surface area contributed by atoms with Crippen LogP contribution < -0.4 is 10.1 Å². The molecule has 1 heterocycles. The Morgan fingerprint density at radius 1 is 0.783 bits per heavy atom. The predicted molar refractivity (Wildman–Crippen MR) is 176 cm³/mol. The predicted octanol–water partition coefficient (Wildman–Crippen LogP) is 4.09. The maximum absolute atomic E-state index is 13.9. The van der Waals surface area contributed by atoms with E-state index in [1.165, 1.54) is 16.4 Å². The van der Waals surface area contributed by atoms with Crippen LogP contribution in [0.2, 0.25) is 0 Å². The van der Waals surface area contributed by atoms with Crippen molar-refractivity contribution in [2.45, 2.75) is 30.3 Å². The van der Waals surface area contributed by atoms with Crippen LogP contribution in [0.5, 0.6) is 5.75 Å². The lowest BCUT2D eigenvalue weighted by Gasteiger charge is -2.31. The maximum atomic E-state index is 13.9. The van der Waals surface area contributed by atoms with Crippen molar-refractivity contribution in [3.8, 4) is 5.75 Å². The van der Waals surface area contributed by atoms with E-state index < -0.39 is 16.1 Å². The molecule has 1 saturated heterocycles. The standard InChI is InChI=1S/C36H39N3O6S/c40-35(28-45-32-16-18-33(19-17-32)46(42,43)38-22-24-44-25-23-38)39(27-31-14-8-3-9-15-31)34(26-30-12-6-2-7-13-30)36(41)37-21-20-29-10-4-1-5-11-29/h1-19,34H,20-28H2,(H,37,41)/t34-/m0/s1. The van der Waals surface area contributed by atoms with Crippen LogP contribution in [-0.4, -0.2) is 74.9 Å². The number of carbonyl (C=O) groups excluding carboxylic acids is 2. The van der Waals surface area contributed by atoms with Gasteiger partial charge in [0.15, 0.2) is 6.61 Å². The van der Waals surface area contributed by atoms with Crippen LogP contribution in [0.1, 0.15) is 16.7 Å². The van der Waals surface area contributed by atoms with E-state index in [0.717, 1.165) is 16.7 Å². The molecule has 46 heavy (non-hydrogen) atoms. The lowest BCUT2D eigenvalue weighted by atomic mass is 10.0. The lowest BCUT2D eigenvalue weighted by molar-refractivity contribution is -0.142. The van der Waals surface area contributed by atoms with Gasteiger partial charge in [-0.3, -0.25) is 9.59 Å². The summed E-state index contributed by atoms with van der Waals surface area (Å²) in [6.45, 7) is 1.63. The first-order chi connectivity index (χ1) is 22.4. The Kier molecular flexibility index (Phi) is 11.6. The van der Waals surface area contributed by atoms with Gasteiger partial charge in [-0.05, 0) is 47.4 Å². The minimum absolute atomic E-state index is 0.147. The van der Waals surface area contributed by atoms with Gasteiger partial charge in [0.25, 0.3) is 5.91 Å². The Hall–Kier alpha value is -4.51. The number of hydrogen-bond donors (Lipinski definition) is 1. The van der Waals surface area contributed by atoms with Crippen LogP contribution in [0.25, 0.3) is 0 Å². The largest absolute Gasteiger partial charge is 0.484 e. The smallest absolute Gasteiger partial charge is 0.261 e. The number of nitrogens with one attached hydrogen (secondary N) is 1. The minimum atomic E-state index is -3.66. The highest BCUT2D eigenvalue weighted by Gasteiger charge is 2.31. The van der Waals surface area contributed by atoms with Crippen molar-refractivity contribution >= 4 is 21.8 Å². The molecule has 0 spiro atoms. The number of nitrogens with zero attached hydrogens (tertiary/aromatic N) is 2. The molecule has 9 nitrogen and oxygen atoms in total. The molecule has 1 atom stereocenters. The SMILES string of the molecule is O=C(NCCc1ccccc1)[C@H](Cc1ccccc1)N(Cc1ccccc1)C(=O)COc1ccc(S(=O)(=O)N2CCOCC2)cc1. The molecule has 0 unspecified atom stereocenters. The maximum Gasteiger partial charge on any atom is 0.261 e. The number of amides is 2. The summed E-state index contributed by atoms with van der Waals surface area (Å²) < 4.78 is 38.5. The quantitative estimate of drug-likeness (QED) is 0.223. The zero-order valence-electron chi connectivity index (χ0n) is 25.7. The summed E-state index contributed by atoms with van der Waals surface area (Å²) in [4.78, 5) is 29.4. The number of hydrogen-bond acceptors (Lipinski definition) is 6. The number of sulfonamides is 1. The van der Waals surface area contributed by atoms with Gasteiger partial charge in [0, 0.05) is 32.6 Å². The molecule has 0 aromatic heterocycles. The molecule has 0 aliphatic carbocycles. The van der Waals surface area contributed by atoms with E-state index in [1.54, 1.807) is 17.0 Å². The summed E-state index contributed by atoms with van der Waals surface area (Å²) in [5.74, 6) is -0.268. The van der Waals surface area contributed by atoms with Crippen LogP contribution in [0, 0.1) is 0 Å². The second-order valence-electron chi connectivity index (χ2n) is 11.0. The molecule has 5 rings (SSSR count). The molecule has 1 fully saturated rings. The summed E-state index contributed by atoms with van der Waals surface area (Å²) in [5.41, 5.74) is 2.91. The number of rotatable bonds is 14. The molecule has 1 aliphatic rings. The zero-order chi connectivity index (χ0) is 32.2. The number of ether oxygens (including phenoxy) is 2. The molecule has 0 radical (unpaired) electrons. The average Bonchev–Trinajstić information content (AvgIpc) is 3.10. The van der Waals surface area contributed by atoms with Crippen molar-refractivity contribution in [3.05, 3.63) is 132 Å². The average molecular weight is 642 g/mol. The second-order valence-corrected chi connectivity index (χ2v) is 13.0. The second kappa shape index (κ2) is 16.2. The lowest BCUT2D eigenvalue weighted by Crippen LogP contribution is -2.52. The summed E-state index contributed by atoms with van der Waals surface area (Å²) in [6, 6.07) is 34.3. The highest BCUT2D eigenvalue weighted by atomic mass is 32.2. The van der Waals surface area contributed by atoms with Crippen LogP contribution in [0.15, 0.2) is 120 Å². The van der Waals surface area contributed by atoms with Gasteiger partial charge in [-0.25, -0.2) is 8.42 Å². The highest BCUT2D eigenvalue weighted by Crippen LogP contribution is 2.21. The fraction of sp³-hybridized carbons (Fsp3) is 0.278. The Labute approximate surface area is 270 Å². The molecule has 1 aliphatic heterocycles. The topological polar surface area (TPSA) is 105 Å². The van der Waals surface area contributed by atoms with E-state index in [-0.39, 0.29) is 29.9 Å². The van der Waals surface area contributed by atoms with Gasteiger partial charge in [-0.15, -0.1) is 0 Å². The summed E-state index contributed by atoms with van der Waals surface area (Å²) >= 11 is 0. The highest BCUT2D eigenvalue weighted by molar-refractivity contribution is 7.89. The molecule has 0 bridgehead atoms. The molecule has 0 saturated carbocycles. The van der Waals surface area contributed by atoms with Gasteiger partial charge >= 0.3 is 0 Å². The van der Waals surface area contributed by atoms with Crippen LogP contribution >= 0.6 is 0 Å². The van der Waals surface area contributed by atoms with Crippen molar-refractivity contribution in [1.29, 1.82) is 0 Å². The summed E-state index contributed by atoms with van der Waals surface area (Å²) in [5, 5.41) is 3.05. The molecule has 4 aromatic carbocycles. The minimum Gasteiger partial charge on any atom is -0.484 e. The first kappa shape index (κ1) is 32.9. The van der Waals surface area contributed by atoms with Gasteiger partial charge in [-0.1, -0.05) is 91.0 Å². The van der Waals surface area contributed by atoms with E-state index in [2.05, 4.69) is 5.32 Å². The van der Waals surface area contributed by atoms with E-state index >= 15 is 0 Å². The molecular weight excluding hydrogens is 602 g/mol. The third kappa shape index (κ3) is 9.03. The Bertz CT molecular complexity index is 1650. The Balaban J connectivity index is 1.32. The third-order valence-electron chi connectivity index (χ3n) is 7.82. The fourth-order valence-corrected chi connectivity index (χ4v) is 6.71. The van der Waals surface area contributed by atoms with Crippen molar-refractivity contribution in [2.24, 2.45) is 0 Å². The van der Waals surface area contributed by atoms with E-state index in [0.29, 0.717) is 51.4 Å². The zero-order valence-corrected chi connectivity index (χ0v) is 26.5. The molecule has 2 amide bonds. The van der Waals surface area contributed by atoms with Crippen LogP contribution in [0.3, 0.4) is 0 Å². The van der Waals surface area contributed by atoms with E-state index in [1.807, 2.05) is 91.0 Å². The molecule has 1 N–H and O–H groups in total. The van der Waals surface area contributed by atoms with E-state index in [9.17, 15) is 18.0 Å². The van der Waals surface area contributed by atoms with Gasteiger partial charge in [0.1, 0.15) is 11.8 Å². The first-order valence-corrected chi connectivity index (χ1v) is 16.8. The number of benzene rings is 4. The Morgan fingerprint density at radius 2 is 1.35 bits per heavy atom. The Morgan fingerprint density at radius 3 is 1.96 bits per heavy atom. The molecule has 10 heteroatoms. The van der Waals surface area contributed by atoms with Gasteiger partial charge < -0.3 is 19.7 Å². The summed E-state index contributed by atoms with van der Waals surface area (Å²) in [6.07, 6.45) is 0.988. The number of morpholine rings is 1. The van der Waals surface area contributed by atoms with Crippen molar-refractivity contribution < 1.29 is 27.5 Å². The monoisotopic (exact) mass is 641 g/mol. The molecular formula is C36H39N3O6S. The van der Waals surface area contributed by atoms with Crippen LogP contribution in [-0.2, 0) is 43.7 Å². The fourth-order valence-electron chi connectivity index (χ4n) is 5.30. The normalized spacial score (nSPS) is 14.3. The van der Waals surface area contributed by atoms with Gasteiger partial charge in [-0.2, -0.15) is 4.31 Å². The summed E-state index contributed by atoms with van der Waals surface area (Å²) in [7, 11) is -3.66. The molecule has 4 aromatic rings.